The number of hydrogen-bond acceptors (Lipinski definition) is 8. The number of hydrogen-bond donors (Lipinski definition) is 2. The third-order valence-corrected chi connectivity index (χ3v) is 9.34. The summed E-state index contributed by atoms with van der Waals surface area (Å²) in [4.78, 5) is 17.5. The van der Waals surface area contributed by atoms with E-state index in [1.807, 2.05) is 17.0 Å². The number of ether oxygens (including phenoxy) is 1. The molecular formula is C31H40N8O2. The first-order chi connectivity index (χ1) is 20.2. The Bertz CT molecular complexity index is 1360. The molecule has 2 N–H and O–H groups in total. The zero-order valence-electron chi connectivity index (χ0n) is 23.8. The van der Waals surface area contributed by atoms with Crippen LogP contribution in [0.4, 0.5) is 11.6 Å². The molecule has 1 aliphatic carbocycles. The molecule has 7 rings (SSSR count). The monoisotopic (exact) mass is 556 g/mol. The molecule has 3 aromatic rings. The molecule has 0 bridgehead atoms. The zero-order chi connectivity index (χ0) is 27.8. The summed E-state index contributed by atoms with van der Waals surface area (Å²) in [6, 6.07) is 19.1. The van der Waals surface area contributed by atoms with Crippen molar-refractivity contribution in [2.24, 2.45) is 5.92 Å². The second kappa shape index (κ2) is 11.3. The molecule has 3 fully saturated rings. The minimum absolute atomic E-state index is 0.0532. The van der Waals surface area contributed by atoms with E-state index in [4.69, 9.17) is 4.74 Å². The quantitative estimate of drug-likeness (QED) is 0.456. The van der Waals surface area contributed by atoms with Crippen molar-refractivity contribution in [3.63, 3.8) is 0 Å². The molecule has 0 spiro atoms. The molecule has 1 aromatic heterocycles. The van der Waals surface area contributed by atoms with Crippen LogP contribution in [0, 0.1) is 5.92 Å². The van der Waals surface area contributed by atoms with Crippen LogP contribution in [-0.4, -0.2) is 65.0 Å². The maximum atomic E-state index is 13.1. The predicted octanol–water partition coefficient (Wildman–Crippen LogP) is 3.64. The minimum Gasteiger partial charge on any atom is -0.497 e. The normalized spacial score (nSPS) is 25.4. The third kappa shape index (κ3) is 5.04. The fraction of sp³-hybridized carbons (Fsp3) is 0.516. The van der Waals surface area contributed by atoms with Crippen LogP contribution in [0.1, 0.15) is 62.1 Å². The van der Waals surface area contributed by atoms with Gasteiger partial charge in [0.15, 0.2) is 0 Å². The van der Waals surface area contributed by atoms with E-state index in [0.29, 0.717) is 18.4 Å². The number of aromatic nitrogens is 3. The maximum absolute atomic E-state index is 13.1. The van der Waals surface area contributed by atoms with Gasteiger partial charge in [-0.15, -0.1) is 10.2 Å². The molecule has 1 amide bonds. The van der Waals surface area contributed by atoms with Crippen molar-refractivity contribution >= 4 is 17.5 Å². The van der Waals surface area contributed by atoms with Gasteiger partial charge in [-0.25, -0.2) is 5.43 Å². The Balaban J connectivity index is 0.984. The number of benzene rings is 2. The lowest BCUT2D eigenvalue weighted by Gasteiger charge is -2.44. The van der Waals surface area contributed by atoms with Crippen LogP contribution in [0.5, 0.6) is 5.75 Å². The highest BCUT2D eigenvalue weighted by atomic mass is 16.5. The van der Waals surface area contributed by atoms with Crippen molar-refractivity contribution in [1.82, 2.24) is 30.4 Å². The second-order valence-electron chi connectivity index (χ2n) is 11.7. The number of carbonyl (C=O) groups is 1. The van der Waals surface area contributed by atoms with Crippen LogP contribution < -0.4 is 25.4 Å². The Kier molecular flexibility index (Phi) is 7.26. The lowest BCUT2D eigenvalue weighted by atomic mass is 9.81. The van der Waals surface area contributed by atoms with Crippen molar-refractivity contribution in [3.8, 4) is 5.75 Å². The van der Waals surface area contributed by atoms with Crippen molar-refractivity contribution in [2.75, 3.05) is 43.2 Å². The molecule has 4 atom stereocenters. The molecule has 4 unspecified atom stereocenters. The number of nitrogens with one attached hydrogen (secondary N) is 2. The molecule has 0 radical (unpaired) electrons. The predicted molar refractivity (Wildman–Crippen MR) is 157 cm³/mol. The molecule has 216 valence electrons. The maximum Gasteiger partial charge on any atom is 0.243 e. The highest BCUT2D eigenvalue weighted by Crippen LogP contribution is 2.45. The molecule has 10 nitrogen and oxygen atoms in total. The number of aryl methyl sites for hydroxylation is 1. The lowest BCUT2D eigenvalue weighted by Crippen LogP contribution is -2.53. The molecule has 2 saturated heterocycles. The standard InChI is InChI=1S/C31H40N8O2/c1-41-24-12-7-11-23(21-24)36-17-19-37(20-18-36)28(40)16-8-15-27-33-34-31-38(27)26-14-6-5-13-25(26)30-32-29(35-39(30)31)22-9-3-2-4-10-22/h2-4,7,9-12,21,25-26,29-30,32,35H,5-6,8,13-20H2,1H3. The number of nitrogens with zero attached hydrogens (tertiary/aromatic N) is 6. The smallest absolute Gasteiger partial charge is 0.243 e. The summed E-state index contributed by atoms with van der Waals surface area (Å²) in [5.74, 6) is 3.50. The van der Waals surface area contributed by atoms with Gasteiger partial charge in [0.1, 0.15) is 23.9 Å². The van der Waals surface area contributed by atoms with Crippen LogP contribution in [-0.2, 0) is 11.2 Å². The molecule has 4 aliphatic rings. The average molecular weight is 557 g/mol. The van der Waals surface area contributed by atoms with Gasteiger partial charge in [-0.05, 0) is 37.0 Å². The SMILES string of the molecule is COc1cccc(N2CCN(C(=O)CCCc3nnc4n3C3CCCCC3C3NC(c5ccccc5)NN43)CC2)c1. The highest BCUT2D eigenvalue weighted by Gasteiger charge is 2.48. The first-order valence-corrected chi connectivity index (χ1v) is 15.2. The number of hydrazine groups is 1. The van der Waals surface area contributed by atoms with Crippen molar-refractivity contribution in [3.05, 3.63) is 66.0 Å². The van der Waals surface area contributed by atoms with Gasteiger partial charge in [-0.3, -0.25) is 19.7 Å². The summed E-state index contributed by atoms with van der Waals surface area (Å²) in [6.07, 6.45) is 7.19. The number of fused-ring (bicyclic) bond motifs is 6. The van der Waals surface area contributed by atoms with Crippen LogP contribution in [0.2, 0.25) is 0 Å². The lowest BCUT2D eigenvalue weighted by molar-refractivity contribution is -0.131. The van der Waals surface area contributed by atoms with Crippen molar-refractivity contribution < 1.29 is 9.53 Å². The van der Waals surface area contributed by atoms with E-state index in [9.17, 15) is 4.79 Å². The van der Waals surface area contributed by atoms with E-state index in [1.54, 1.807) is 7.11 Å². The number of carbonyl (C=O) groups excluding carboxylic acids is 1. The summed E-state index contributed by atoms with van der Waals surface area (Å²) >= 11 is 0. The van der Waals surface area contributed by atoms with Crippen molar-refractivity contribution in [2.45, 2.75) is 63.3 Å². The largest absolute Gasteiger partial charge is 0.497 e. The van der Waals surface area contributed by atoms with E-state index >= 15 is 0 Å². The summed E-state index contributed by atoms with van der Waals surface area (Å²) in [5, 5.41) is 15.4. The van der Waals surface area contributed by atoms with Gasteiger partial charge in [0.2, 0.25) is 11.9 Å². The van der Waals surface area contributed by atoms with Gasteiger partial charge >= 0.3 is 0 Å². The Morgan fingerprint density at radius 3 is 2.66 bits per heavy atom. The van der Waals surface area contributed by atoms with E-state index in [-0.39, 0.29) is 18.2 Å². The first kappa shape index (κ1) is 26.3. The highest BCUT2D eigenvalue weighted by molar-refractivity contribution is 5.76. The van der Waals surface area contributed by atoms with Crippen LogP contribution in [0.25, 0.3) is 0 Å². The summed E-state index contributed by atoms with van der Waals surface area (Å²) in [7, 11) is 1.69. The third-order valence-electron chi connectivity index (χ3n) is 9.34. The van der Waals surface area contributed by atoms with Gasteiger partial charge < -0.3 is 14.5 Å². The van der Waals surface area contributed by atoms with Crippen LogP contribution in [0.3, 0.4) is 0 Å². The summed E-state index contributed by atoms with van der Waals surface area (Å²) in [6.45, 7) is 3.17. The topological polar surface area (TPSA) is 90.8 Å². The Morgan fingerprint density at radius 1 is 1.00 bits per heavy atom. The number of piperazine rings is 1. The van der Waals surface area contributed by atoms with E-state index < -0.39 is 0 Å². The van der Waals surface area contributed by atoms with Crippen LogP contribution >= 0.6 is 0 Å². The molecule has 3 aliphatic heterocycles. The number of anilines is 2. The molecule has 2 aromatic carbocycles. The van der Waals surface area contributed by atoms with E-state index in [1.165, 1.54) is 24.8 Å². The van der Waals surface area contributed by atoms with Gasteiger partial charge in [0.05, 0.1) is 7.11 Å². The number of methoxy groups -OCH3 is 1. The molecular weight excluding hydrogens is 516 g/mol. The number of rotatable bonds is 7. The molecule has 41 heavy (non-hydrogen) atoms. The van der Waals surface area contributed by atoms with E-state index in [0.717, 1.165) is 68.7 Å². The van der Waals surface area contributed by atoms with E-state index in [2.05, 4.69) is 77.9 Å². The fourth-order valence-corrected chi connectivity index (χ4v) is 7.21. The van der Waals surface area contributed by atoms with Gasteiger partial charge in [-0.2, -0.15) is 0 Å². The second-order valence-corrected chi connectivity index (χ2v) is 11.7. The molecule has 10 heteroatoms. The van der Waals surface area contributed by atoms with Gasteiger partial charge in [0.25, 0.3) is 0 Å². The Labute approximate surface area is 241 Å². The van der Waals surface area contributed by atoms with Gasteiger partial charge in [-0.1, -0.05) is 49.2 Å². The molecule has 4 heterocycles. The van der Waals surface area contributed by atoms with Crippen LogP contribution in [0.15, 0.2) is 54.6 Å². The summed E-state index contributed by atoms with van der Waals surface area (Å²) in [5.41, 5.74) is 6.05. The zero-order valence-corrected chi connectivity index (χ0v) is 23.8. The first-order valence-electron chi connectivity index (χ1n) is 15.2. The fourth-order valence-electron chi connectivity index (χ4n) is 7.21. The van der Waals surface area contributed by atoms with Crippen molar-refractivity contribution in [1.29, 1.82) is 0 Å². The average Bonchev–Trinajstić information content (AvgIpc) is 3.67. The Hall–Kier alpha value is -3.63. The summed E-state index contributed by atoms with van der Waals surface area (Å²) < 4.78 is 7.76. The Morgan fingerprint density at radius 2 is 1.83 bits per heavy atom. The van der Waals surface area contributed by atoms with Gasteiger partial charge in [0, 0.05) is 62.7 Å². The number of amides is 1. The molecule has 1 saturated carbocycles. The minimum atomic E-state index is 0.0532.